The maximum Gasteiger partial charge on any atom is 0.316 e. The third-order valence-electron chi connectivity index (χ3n) is 1.85. The molecule has 0 spiro atoms. The van der Waals surface area contributed by atoms with Gasteiger partial charge in [-0.25, -0.2) is 9.97 Å². The molecule has 0 saturated carbocycles. The summed E-state index contributed by atoms with van der Waals surface area (Å²) in [6, 6.07) is 0. The average molecular weight is 227 g/mol. The third-order valence-corrected chi connectivity index (χ3v) is 2.85. The second-order valence-corrected chi connectivity index (χ2v) is 3.73. The van der Waals surface area contributed by atoms with Gasteiger partial charge in [0.25, 0.3) is 0 Å². The Morgan fingerprint density at radius 2 is 2.33 bits per heavy atom. The van der Waals surface area contributed by atoms with Crippen LogP contribution in [0.2, 0.25) is 0 Å². The van der Waals surface area contributed by atoms with Crippen molar-refractivity contribution in [2.45, 2.75) is 18.4 Å². The summed E-state index contributed by atoms with van der Waals surface area (Å²) in [5, 5.41) is 0.746. The molecule has 82 valence electrons. The summed E-state index contributed by atoms with van der Waals surface area (Å²) in [5.74, 6) is 0.430. The molecular formula is C9H13N3O2S. The summed E-state index contributed by atoms with van der Waals surface area (Å²) in [6.07, 6.45) is 2.14. The lowest BCUT2D eigenvalue weighted by molar-refractivity contribution is -0.137. The van der Waals surface area contributed by atoms with Crippen LogP contribution in [-0.2, 0) is 16.0 Å². The second-order valence-electron chi connectivity index (χ2n) is 2.76. The Morgan fingerprint density at radius 3 is 2.93 bits per heavy atom. The van der Waals surface area contributed by atoms with Crippen molar-refractivity contribution in [1.82, 2.24) is 9.97 Å². The van der Waals surface area contributed by atoms with Gasteiger partial charge in [0.05, 0.1) is 12.9 Å². The fourth-order valence-corrected chi connectivity index (χ4v) is 1.97. The van der Waals surface area contributed by atoms with Crippen LogP contribution in [0.4, 0.5) is 5.82 Å². The fraction of sp³-hybridized carbons (Fsp3) is 0.444. The van der Waals surface area contributed by atoms with Crippen LogP contribution in [0, 0.1) is 0 Å². The summed E-state index contributed by atoms with van der Waals surface area (Å²) in [7, 11) is 1.36. The van der Waals surface area contributed by atoms with Gasteiger partial charge in [0.15, 0.2) is 0 Å². The molecule has 6 heteroatoms. The van der Waals surface area contributed by atoms with E-state index in [0.717, 1.165) is 17.0 Å². The molecule has 1 aromatic heterocycles. The van der Waals surface area contributed by atoms with E-state index in [1.54, 1.807) is 0 Å². The molecule has 0 aromatic carbocycles. The maximum absolute atomic E-state index is 11.0. The lowest BCUT2D eigenvalue weighted by atomic mass is 10.2. The van der Waals surface area contributed by atoms with E-state index in [9.17, 15) is 4.79 Å². The molecule has 0 bridgehead atoms. The van der Waals surface area contributed by atoms with E-state index in [1.807, 2.05) is 6.92 Å². The monoisotopic (exact) mass is 227 g/mol. The normalized spacial score (nSPS) is 10.0. The van der Waals surface area contributed by atoms with E-state index in [2.05, 4.69) is 14.7 Å². The van der Waals surface area contributed by atoms with Gasteiger partial charge in [-0.3, -0.25) is 4.79 Å². The Balaban J connectivity index is 2.76. The van der Waals surface area contributed by atoms with E-state index in [1.165, 1.54) is 25.2 Å². The van der Waals surface area contributed by atoms with Crippen molar-refractivity contribution in [2.75, 3.05) is 18.6 Å². The fourth-order valence-electron chi connectivity index (χ4n) is 1.05. The highest BCUT2D eigenvalue weighted by molar-refractivity contribution is 7.99. The maximum atomic E-state index is 11.0. The van der Waals surface area contributed by atoms with E-state index >= 15 is 0 Å². The standard InChI is InChI=1S/C9H13N3O2S/c1-3-6-8(10)11-5-12-9(6)15-4-7(13)14-2/h5H,3-4H2,1-2H3,(H2,10,11,12). The van der Waals surface area contributed by atoms with Crippen molar-refractivity contribution in [3.8, 4) is 0 Å². The molecule has 1 heterocycles. The van der Waals surface area contributed by atoms with Gasteiger partial charge in [-0.15, -0.1) is 0 Å². The van der Waals surface area contributed by atoms with Crippen molar-refractivity contribution in [2.24, 2.45) is 0 Å². The number of rotatable bonds is 4. The number of nitrogens with two attached hydrogens (primary N) is 1. The van der Waals surface area contributed by atoms with Gasteiger partial charge in [-0.05, 0) is 6.42 Å². The smallest absolute Gasteiger partial charge is 0.316 e. The predicted molar refractivity (Wildman–Crippen MR) is 58.6 cm³/mol. The van der Waals surface area contributed by atoms with E-state index in [0.29, 0.717) is 5.82 Å². The zero-order valence-electron chi connectivity index (χ0n) is 8.69. The molecular weight excluding hydrogens is 214 g/mol. The molecule has 0 atom stereocenters. The number of anilines is 1. The minimum Gasteiger partial charge on any atom is -0.468 e. The number of carbonyl (C=O) groups excluding carboxylic acids is 1. The molecule has 1 rings (SSSR count). The first-order valence-corrected chi connectivity index (χ1v) is 5.46. The van der Waals surface area contributed by atoms with Gasteiger partial charge in [0.1, 0.15) is 17.2 Å². The number of ether oxygens (including phenoxy) is 1. The second kappa shape index (κ2) is 5.55. The number of aromatic nitrogens is 2. The molecule has 0 unspecified atom stereocenters. The molecule has 0 saturated heterocycles. The molecule has 0 fully saturated rings. The molecule has 15 heavy (non-hydrogen) atoms. The minimum atomic E-state index is -0.278. The van der Waals surface area contributed by atoms with Crippen molar-refractivity contribution < 1.29 is 9.53 Å². The largest absolute Gasteiger partial charge is 0.468 e. The Hall–Kier alpha value is -1.30. The summed E-state index contributed by atoms with van der Waals surface area (Å²) in [4.78, 5) is 18.9. The van der Waals surface area contributed by atoms with Crippen LogP contribution in [-0.4, -0.2) is 28.8 Å². The molecule has 0 amide bonds. The van der Waals surface area contributed by atoms with Crippen LogP contribution in [0.5, 0.6) is 0 Å². The number of hydrogen-bond acceptors (Lipinski definition) is 6. The van der Waals surface area contributed by atoms with E-state index in [4.69, 9.17) is 5.73 Å². The lowest BCUT2D eigenvalue weighted by Crippen LogP contribution is -2.06. The van der Waals surface area contributed by atoms with Gasteiger partial charge in [-0.1, -0.05) is 18.7 Å². The average Bonchev–Trinajstić information content (AvgIpc) is 2.25. The van der Waals surface area contributed by atoms with Crippen molar-refractivity contribution in [1.29, 1.82) is 0 Å². The number of nitrogen functional groups attached to an aromatic ring is 1. The molecule has 0 aliphatic heterocycles. The molecule has 0 radical (unpaired) electrons. The zero-order chi connectivity index (χ0) is 11.3. The first kappa shape index (κ1) is 11.8. The molecule has 1 aromatic rings. The number of esters is 1. The Morgan fingerprint density at radius 1 is 1.60 bits per heavy atom. The Bertz CT molecular complexity index is 357. The Kier molecular flexibility index (Phi) is 4.36. The van der Waals surface area contributed by atoms with E-state index in [-0.39, 0.29) is 11.7 Å². The van der Waals surface area contributed by atoms with Crippen LogP contribution in [0.25, 0.3) is 0 Å². The number of hydrogen-bond donors (Lipinski definition) is 1. The third kappa shape index (κ3) is 3.09. The minimum absolute atomic E-state index is 0.236. The summed E-state index contributed by atoms with van der Waals surface area (Å²) in [6.45, 7) is 1.97. The van der Waals surface area contributed by atoms with Gasteiger partial charge in [0, 0.05) is 5.56 Å². The van der Waals surface area contributed by atoms with Crippen molar-refractivity contribution in [3.05, 3.63) is 11.9 Å². The summed E-state index contributed by atoms with van der Waals surface area (Å²) < 4.78 is 4.54. The summed E-state index contributed by atoms with van der Waals surface area (Å²) >= 11 is 1.31. The van der Waals surface area contributed by atoms with Crippen LogP contribution in [0.1, 0.15) is 12.5 Å². The van der Waals surface area contributed by atoms with Gasteiger partial charge < -0.3 is 10.5 Å². The number of methoxy groups -OCH3 is 1. The number of carbonyl (C=O) groups is 1. The topological polar surface area (TPSA) is 78.1 Å². The first-order chi connectivity index (χ1) is 7.19. The van der Waals surface area contributed by atoms with Crippen LogP contribution in [0.3, 0.4) is 0 Å². The predicted octanol–water partition coefficient (Wildman–Crippen LogP) is 0.886. The van der Waals surface area contributed by atoms with Crippen LogP contribution < -0.4 is 5.73 Å². The lowest BCUT2D eigenvalue weighted by Gasteiger charge is -2.06. The zero-order valence-corrected chi connectivity index (χ0v) is 9.50. The number of thioether (sulfide) groups is 1. The molecule has 0 aliphatic rings. The quantitative estimate of drug-likeness (QED) is 0.467. The van der Waals surface area contributed by atoms with Crippen LogP contribution >= 0.6 is 11.8 Å². The molecule has 5 nitrogen and oxygen atoms in total. The first-order valence-electron chi connectivity index (χ1n) is 4.48. The highest BCUT2D eigenvalue weighted by Gasteiger charge is 2.10. The number of nitrogens with zero attached hydrogens (tertiary/aromatic N) is 2. The highest BCUT2D eigenvalue weighted by Crippen LogP contribution is 2.23. The summed E-state index contributed by atoms with van der Waals surface area (Å²) in [5.41, 5.74) is 6.57. The molecule has 0 aliphatic carbocycles. The van der Waals surface area contributed by atoms with Crippen molar-refractivity contribution >= 4 is 23.5 Å². The van der Waals surface area contributed by atoms with E-state index < -0.39 is 0 Å². The van der Waals surface area contributed by atoms with Gasteiger partial charge in [-0.2, -0.15) is 0 Å². The van der Waals surface area contributed by atoms with Crippen molar-refractivity contribution in [3.63, 3.8) is 0 Å². The SMILES string of the molecule is CCc1c(N)ncnc1SCC(=O)OC. The van der Waals surface area contributed by atoms with Gasteiger partial charge in [0.2, 0.25) is 0 Å². The van der Waals surface area contributed by atoms with Gasteiger partial charge >= 0.3 is 5.97 Å². The van der Waals surface area contributed by atoms with Crippen LogP contribution in [0.15, 0.2) is 11.4 Å². The Labute approximate surface area is 92.4 Å². The molecule has 2 N–H and O–H groups in total. The highest BCUT2D eigenvalue weighted by atomic mass is 32.2.